The molecule has 2 rings (SSSR count). The summed E-state index contributed by atoms with van der Waals surface area (Å²) in [4.78, 5) is 0. The highest BCUT2D eigenvalue weighted by atomic mass is 16.3. The highest BCUT2D eigenvalue weighted by Crippen LogP contribution is 2.35. The van der Waals surface area contributed by atoms with Crippen LogP contribution in [0.1, 0.15) is 31.7 Å². The largest absolute Gasteiger partial charge is 0.508 e. The van der Waals surface area contributed by atoms with Gasteiger partial charge in [-0.2, -0.15) is 0 Å². The maximum atomic E-state index is 9.71. The Hall–Kier alpha value is -1.02. The fourth-order valence-corrected chi connectivity index (χ4v) is 2.21. The minimum Gasteiger partial charge on any atom is -0.508 e. The number of benzene rings is 1. The van der Waals surface area contributed by atoms with Crippen LogP contribution in [0.15, 0.2) is 24.3 Å². The van der Waals surface area contributed by atoms with Crippen molar-refractivity contribution in [3.05, 3.63) is 29.8 Å². The second-order valence-corrected chi connectivity index (χ2v) is 4.72. The summed E-state index contributed by atoms with van der Waals surface area (Å²) in [6.45, 7) is 5.37. The van der Waals surface area contributed by atoms with Crippen molar-refractivity contribution in [3.8, 4) is 5.75 Å². The molecule has 1 aromatic rings. The van der Waals surface area contributed by atoms with Gasteiger partial charge in [-0.15, -0.1) is 0 Å². The van der Waals surface area contributed by atoms with Gasteiger partial charge in [0.25, 0.3) is 0 Å². The number of aromatic hydroxyl groups is 1. The second kappa shape index (κ2) is 3.28. The van der Waals surface area contributed by atoms with Crippen LogP contribution in [0, 0.1) is 0 Å². The van der Waals surface area contributed by atoms with Crippen LogP contribution >= 0.6 is 0 Å². The summed E-state index contributed by atoms with van der Waals surface area (Å²) < 4.78 is 0. The zero-order valence-electron chi connectivity index (χ0n) is 8.75. The van der Waals surface area contributed by atoms with E-state index in [1.54, 1.807) is 6.07 Å². The summed E-state index contributed by atoms with van der Waals surface area (Å²) in [7, 11) is 0. The van der Waals surface area contributed by atoms with Gasteiger partial charge in [0.2, 0.25) is 0 Å². The number of para-hydroxylation sites is 1. The first kappa shape index (κ1) is 9.53. The number of rotatable bonds is 1. The normalized spacial score (nSPS) is 25.1. The lowest BCUT2D eigenvalue weighted by Crippen LogP contribution is -2.31. The van der Waals surface area contributed by atoms with E-state index in [9.17, 15) is 5.11 Å². The van der Waals surface area contributed by atoms with E-state index in [1.807, 2.05) is 18.2 Å². The van der Waals surface area contributed by atoms with Crippen molar-refractivity contribution >= 4 is 0 Å². The molecule has 0 spiro atoms. The molecule has 2 heteroatoms. The third-order valence-electron chi connectivity index (χ3n) is 2.96. The Balaban J connectivity index is 2.22. The fraction of sp³-hybridized carbons (Fsp3) is 0.500. The molecule has 1 unspecified atom stereocenters. The van der Waals surface area contributed by atoms with Gasteiger partial charge < -0.3 is 10.4 Å². The van der Waals surface area contributed by atoms with Gasteiger partial charge in [0, 0.05) is 18.0 Å². The van der Waals surface area contributed by atoms with Gasteiger partial charge in [-0.25, -0.2) is 0 Å². The zero-order chi connectivity index (χ0) is 10.2. The third kappa shape index (κ3) is 1.75. The minimum absolute atomic E-state index is 0.201. The Morgan fingerprint density at radius 2 is 2.07 bits per heavy atom. The first-order valence-electron chi connectivity index (χ1n) is 5.11. The molecule has 1 atom stereocenters. The number of hydrogen-bond acceptors (Lipinski definition) is 2. The molecule has 1 aromatic carbocycles. The Labute approximate surface area is 85.0 Å². The molecule has 76 valence electrons. The van der Waals surface area contributed by atoms with Crippen LogP contribution in [0.25, 0.3) is 0 Å². The lowest BCUT2D eigenvalue weighted by atomic mass is 9.91. The van der Waals surface area contributed by atoms with Crippen LogP contribution in [-0.4, -0.2) is 17.2 Å². The number of nitrogens with one attached hydrogen (secondary N) is 1. The van der Waals surface area contributed by atoms with Gasteiger partial charge in [0.1, 0.15) is 5.75 Å². The standard InChI is InChI=1S/C12H17NO/c1-12(2)7-9(8-13-12)10-5-3-4-6-11(10)14/h3-6,9,13-14H,7-8H2,1-2H3. The smallest absolute Gasteiger partial charge is 0.119 e. The molecule has 2 N–H and O–H groups in total. The van der Waals surface area contributed by atoms with Crippen LogP contribution < -0.4 is 5.32 Å². The van der Waals surface area contributed by atoms with E-state index in [-0.39, 0.29) is 5.54 Å². The molecule has 0 saturated carbocycles. The zero-order valence-corrected chi connectivity index (χ0v) is 8.75. The van der Waals surface area contributed by atoms with Crippen LogP contribution in [-0.2, 0) is 0 Å². The molecule has 1 saturated heterocycles. The summed E-state index contributed by atoms with van der Waals surface area (Å²) >= 11 is 0. The average Bonchev–Trinajstić information content (AvgIpc) is 2.47. The van der Waals surface area contributed by atoms with Crippen molar-refractivity contribution in [2.45, 2.75) is 31.7 Å². The molecular weight excluding hydrogens is 174 g/mol. The van der Waals surface area contributed by atoms with E-state index < -0.39 is 0 Å². The van der Waals surface area contributed by atoms with E-state index >= 15 is 0 Å². The Kier molecular flexibility index (Phi) is 2.23. The quantitative estimate of drug-likeness (QED) is 0.713. The van der Waals surface area contributed by atoms with Gasteiger partial charge in [0.05, 0.1) is 0 Å². The number of phenolic OH excluding ortho intramolecular Hbond substituents is 1. The molecule has 1 heterocycles. The molecule has 0 radical (unpaired) electrons. The highest BCUT2D eigenvalue weighted by Gasteiger charge is 2.31. The topological polar surface area (TPSA) is 32.3 Å². The first-order chi connectivity index (χ1) is 6.58. The van der Waals surface area contributed by atoms with Crippen LogP contribution in [0.3, 0.4) is 0 Å². The third-order valence-corrected chi connectivity index (χ3v) is 2.96. The summed E-state index contributed by atoms with van der Waals surface area (Å²) in [5.74, 6) is 0.878. The summed E-state index contributed by atoms with van der Waals surface area (Å²) in [6, 6.07) is 7.64. The van der Waals surface area contributed by atoms with Gasteiger partial charge in [-0.05, 0) is 31.9 Å². The fourth-order valence-electron chi connectivity index (χ4n) is 2.21. The Bertz CT molecular complexity index is 333. The molecule has 0 amide bonds. The molecule has 0 bridgehead atoms. The van der Waals surface area contributed by atoms with Crippen molar-refractivity contribution in [1.29, 1.82) is 0 Å². The maximum absolute atomic E-state index is 9.71. The second-order valence-electron chi connectivity index (χ2n) is 4.72. The Morgan fingerprint density at radius 1 is 1.36 bits per heavy atom. The summed E-state index contributed by atoms with van der Waals surface area (Å²) in [5.41, 5.74) is 1.28. The lowest BCUT2D eigenvalue weighted by molar-refractivity contribution is 0.446. The van der Waals surface area contributed by atoms with Crippen LogP contribution in [0.5, 0.6) is 5.75 Å². The maximum Gasteiger partial charge on any atom is 0.119 e. The van der Waals surface area contributed by atoms with Crippen LogP contribution in [0.2, 0.25) is 0 Å². The van der Waals surface area contributed by atoms with E-state index in [2.05, 4.69) is 19.2 Å². The van der Waals surface area contributed by atoms with Gasteiger partial charge in [-0.1, -0.05) is 18.2 Å². The number of phenols is 1. The molecule has 1 aliphatic rings. The van der Waals surface area contributed by atoms with E-state index in [0.717, 1.165) is 18.5 Å². The lowest BCUT2D eigenvalue weighted by Gasteiger charge is -2.17. The molecule has 0 aliphatic carbocycles. The van der Waals surface area contributed by atoms with Crippen LogP contribution in [0.4, 0.5) is 0 Å². The average molecular weight is 191 g/mol. The summed E-state index contributed by atoms with van der Waals surface area (Å²) in [6.07, 6.45) is 1.09. The van der Waals surface area contributed by atoms with E-state index in [0.29, 0.717) is 11.7 Å². The first-order valence-corrected chi connectivity index (χ1v) is 5.11. The highest BCUT2D eigenvalue weighted by molar-refractivity contribution is 5.36. The van der Waals surface area contributed by atoms with Crippen molar-refractivity contribution < 1.29 is 5.11 Å². The van der Waals surface area contributed by atoms with E-state index in [4.69, 9.17) is 0 Å². The van der Waals surface area contributed by atoms with Gasteiger partial charge in [-0.3, -0.25) is 0 Å². The van der Waals surface area contributed by atoms with Crippen molar-refractivity contribution in [3.63, 3.8) is 0 Å². The van der Waals surface area contributed by atoms with Crippen molar-refractivity contribution in [2.24, 2.45) is 0 Å². The van der Waals surface area contributed by atoms with Crippen molar-refractivity contribution in [1.82, 2.24) is 5.32 Å². The molecule has 2 nitrogen and oxygen atoms in total. The Morgan fingerprint density at radius 3 is 2.64 bits per heavy atom. The predicted molar refractivity (Wildman–Crippen MR) is 57.5 cm³/mol. The predicted octanol–water partition coefficient (Wildman–Crippen LogP) is 2.25. The molecule has 1 aliphatic heterocycles. The van der Waals surface area contributed by atoms with Crippen molar-refractivity contribution in [2.75, 3.05) is 6.54 Å². The monoisotopic (exact) mass is 191 g/mol. The molecule has 14 heavy (non-hydrogen) atoms. The SMILES string of the molecule is CC1(C)CC(c2ccccc2O)CN1. The number of hydrogen-bond donors (Lipinski definition) is 2. The summed E-state index contributed by atoms with van der Waals surface area (Å²) in [5, 5.41) is 13.2. The van der Waals surface area contributed by atoms with Gasteiger partial charge in [0.15, 0.2) is 0 Å². The molecular formula is C12H17NO. The molecule has 0 aromatic heterocycles. The van der Waals surface area contributed by atoms with Gasteiger partial charge >= 0.3 is 0 Å². The molecule has 1 fully saturated rings. The minimum atomic E-state index is 0.201. The van der Waals surface area contributed by atoms with E-state index in [1.165, 1.54) is 0 Å².